The van der Waals surface area contributed by atoms with Gasteiger partial charge in [-0.25, -0.2) is 0 Å². The molecule has 0 atom stereocenters. The molecule has 2 aliphatic rings. The Morgan fingerprint density at radius 2 is 1.74 bits per heavy atom. The summed E-state index contributed by atoms with van der Waals surface area (Å²) in [4.78, 5) is 14.6. The van der Waals surface area contributed by atoms with Gasteiger partial charge in [0.05, 0.1) is 14.2 Å². The van der Waals surface area contributed by atoms with Crippen LogP contribution in [0.5, 0.6) is 11.5 Å². The number of carbonyl (C=O) groups is 1. The standard InChI is InChI=1S/C19H27NO3/c1-22-17-11-15-8-9-20(13-16(15)12-18(17)23-2)19(21)10-14-6-4-3-5-7-14/h11-12,14H,3-10,13H2,1-2H3. The van der Waals surface area contributed by atoms with Gasteiger partial charge in [0.25, 0.3) is 0 Å². The predicted octanol–water partition coefficient (Wildman–Crippen LogP) is 3.56. The molecule has 0 unspecified atom stereocenters. The molecule has 1 aliphatic carbocycles. The second kappa shape index (κ2) is 7.24. The maximum atomic E-state index is 12.6. The number of hydrogen-bond acceptors (Lipinski definition) is 3. The number of amides is 1. The van der Waals surface area contributed by atoms with E-state index in [1.807, 2.05) is 11.0 Å². The van der Waals surface area contributed by atoms with Crippen LogP contribution in [-0.2, 0) is 17.8 Å². The number of ether oxygens (including phenoxy) is 2. The molecule has 1 aromatic rings. The summed E-state index contributed by atoms with van der Waals surface area (Å²) in [5.74, 6) is 2.43. The lowest BCUT2D eigenvalue weighted by atomic mass is 9.86. The lowest BCUT2D eigenvalue weighted by Crippen LogP contribution is -2.37. The van der Waals surface area contributed by atoms with Gasteiger partial charge < -0.3 is 14.4 Å². The fourth-order valence-electron chi connectivity index (χ4n) is 3.86. The van der Waals surface area contributed by atoms with E-state index in [2.05, 4.69) is 6.07 Å². The molecule has 4 nitrogen and oxygen atoms in total. The predicted molar refractivity (Wildman–Crippen MR) is 89.9 cm³/mol. The topological polar surface area (TPSA) is 38.8 Å². The average molecular weight is 317 g/mol. The molecular formula is C19H27NO3. The summed E-state index contributed by atoms with van der Waals surface area (Å²) >= 11 is 0. The second-order valence-electron chi connectivity index (χ2n) is 6.75. The first-order chi connectivity index (χ1) is 11.2. The number of benzene rings is 1. The van der Waals surface area contributed by atoms with E-state index in [-0.39, 0.29) is 0 Å². The minimum absolute atomic E-state index is 0.317. The zero-order chi connectivity index (χ0) is 16.2. The Hall–Kier alpha value is -1.71. The fourth-order valence-corrected chi connectivity index (χ4v) is 3.86. The van der Waals surface area contributed by atoms with Crippen molar-refractivity contribution in [3.05, 3.63) is 23.3 Å². The van der Waals surface area contributed by atoms with Crippen LogP contribution in [0.1, 0.15) is 49.7 Å². The van der Waals surface area contributed by atoms with Crippen LogP contribution in [-0.4, -0.2) is 31.6 Å². The molecule has 1 saturated carbocycles. The van der Waals surface area contributed by atoms with Gasteiger partial charge in [-0.2, -0.15) is 0 Å². The van der Waals surface area contributed by atoms with Crippen LogP contribution in [0.25, 0.3) is 0 Å². The van der Waals surface area contributed by atoms with E-state index < -0.39 is 0 Å². The van der Waals surface area contributed by atoms with Crippen LogP contribution in [0.3, 0.4) is 0 Å². The summed E-state index contributed by atoms with van der Waals surface area (Å²) < 4.78 is 10.8. The molecule has 0 N–H and O–H groups in total. The third-order valence-electron chi connectivity index (χ3n) is 5.26. The van der Waals surface area contributed by atoms with Crippen molar-refractivity contribution in [3.63, 3.8) is 0 Å². The molecular weight excluding hydrogens is 290 g/mol. The molecule has 0 aromatic heterocycles. The average Bonchev–Trinajstić information content (AvgIpc) is 2.60. The third kappa shape index (κ3) is 3.62. The van der Waals surface area contributed by atoms with Crippen LogP contribution in [0.15, 0.2) is 12.1 Å². The van der Waals surface area contributed by atoms with Gasteiger partial charge in [-0.1, -0.05) is 19.3 Å². The zero-order valence-electron chi connectivity index (χ0n) is 14.3. The van der Waals surface area contributed by atoms with Gasteiger partial charge in [-0.3, -0.25) is 4.79 Å². The molecule has 4 heteroatoms. The Morgan fingerprint density at radius 3 is 2.39 bits per heavy atom. The van der Waals surface area contributed by atoms with Gasteiger partial charge >= 0.3 is 0 Å². The summed E-state index contributed by atoms with van der Waals surface area (Å²) in [7, 11) is 3.31. The summed E-state index contributed by atoms with van der Waals surface area (Å²) in [5.41, 5.74) is 2.45. The van der Waals surface area contributed by atoms with Crippen molar-refractivity contribution in [2.24, 2.45) is 5.92 Å². The smallest absolute Gasteiger partial charge is 0.223 e. The molecule has 0 radical (unpaired) electrons. The Bertz CT molecular complexity index is 564. The van der Waals surface area contributed by atoms with Crippen molar-refractivity contribution in [2.45, 2.75) is 51.5 Å². The van der Waals surface area contributed by atoms with Crippen LogP contribution in [0.4, 0.5) is 0 Å². The van der Waals surface area contributed by atoms with Crippen LogP contribution >= 0.6 is 0 Å². The van der Waals surface area contributed by atoms with Gasteiger partial charge in [0, 0.05) is 19.5 Å². The van der Waals surface area contributed by atoms with E-state index in [1.54, 1.807) is 14.2 Å². The summed E-state index contributed by atoms with van der Waals surface area (Å²) in [6.45, 7) is 1.51. The van der Waals surface area contributed by atoms with Crippen molar-refractivity contribution < 1.29 is 14.3 Å². The molecule has 0 spiro atoms. The van der Waals surface area contributed by atoms with E-state index in [0.29, 0.717) is 18.4 Å². The molecule has 126 valence electrons. The highest BCUT2D eigenvalue weighted by atomic mass is 16.5. The molecule has 1 aliphatic heterocycles. The number of fused-ring (bicyclic) bond motifs is 1. The van der Waals surface area contributed by atoms with Crippen LogP contribution < -0.4 is 9.47 Å². The van der Waals surface area contributed by atoms with Crippen molar-refractivity contribution in [2.75, 3.05) is 20.8 Å². The maximum Gasteiger partial charge on any atom is 0.223 e. The normalized spacial score (nSPS) is 18.4. The Balaban J connectivity index is 1.68. The van der Waals surface area contributed by atoms with Gasteiger partial charge in [-0.05, 0) is 48.4 Å². The molecule has 3 rings (SSSR count). The minimum atomic E-state index is 0.317. The monoisotopic (exact) mass is 317 g/mol. The largest absolute Gasteiger partial charge is 0.493 e. The second-order valence-corrected chi connectivity index (χ2v) is 6.75. The number of carbonyl (C=O) groups excluding carboxylic acids is 1. The SMILES string of the molecule is COc1cc2c(cc1OC)CN(C(=O)CC1CCCCC1)CC2. The quantitative estimate of drug-likeness (QED) is 0.852. The molecule has 1 amide bonds. The Kier molecular flexibility index (Phi) is 5.09. The van der Waals surface area contributed by atoms with E-state index >= 15 is 0 Å². The van der Waals surface area contributed by atoms with Gasteiger partial charge in [0.15, 0.2) is 11.5 Å². The zero-order valence-corrected chi connectivity index (χ0v) is 14.3. The number of rotatable bonds is 4. The first kappa shape index (κ1) is 16.2. The maximum absolute atomic E-state index is 12.6. The number of nitrogens with zero attached hydrogens (tertiary/aromatic N) is 1. The van der Waals surface area contributed by atoms with E-state index in [1.165, 1.54) is 43.2 Å². The molecule has 1 fully saturated rings. The minimum Gasteiger partial charge on any atom is -0.493 e. The molecule has 1 heterocycles. The molecule has 0 saturated heterocycles. The third-order valence-corrected chi connectivity index (χ3v) is 5.26. The molecule has 23 heavy (non-hydrogen) atoms. The number of methoxy groups -OCH3 is 2. The van der Waals surface area contributed by atoms with E-state index in [9.17, 15) is 4.79 Å². The first-order valence-electron chi connectivity index (χ1n) is 8.73. The first-order valence-corrected chi connectivity index (χ1v) is 8.73. The van der Waals surface area contributed by atoms with Crippen molar-refractivity contribution in [3.8, 4) is 11.5 Å². The summed E-state index contributed by atoms with van der Waals surface area (Å²) in [6.07, 6.45) is 7.98. The highest BCUT2D eigenvalue weighted by Crippen LogP contribution is 2.34. The van der Waals surface area contributed by atoms with E-state index in [0.717, 1.165) is 30.9 Å². The van der Waals surface area contributed by atoms with Crippen molar-refractivity contribution in [1.29, 1.82) is 0 Å². The van der Waals surface area contributed by atoms with Gasteiger partial charge in [0.1, 0.15) is 0 Å². The van der Waals surface area contributed by atoms with Gasteiger partial charge in [-0.15, -0.1) is 0 Å². The lowest BCUT2D eigenvalue weighted by Gasteiger charge is -2.31. The van der Waals surface area contributed by atoms with Crippen molar-refractivity contribution >= 4 is 5.91 Å². The Labute approximate surface area is 138 Å². The fraction of sp³-hybridized carbons (Fsp3) is 0.632. The van der Waals surface area contributed by atoms with E-state index in [4.69, 9.17) is 9.47 Å². The Morgan fingerprint density at radius 1 is 1.09 bits per heavy atom. The molecule has 1 aromatic carbocycles. The summed E-state index contributed by atoms with van der Waals surface area (Å²) in [5, 5.41) is 0. The highest BCUT2D eigenvalue weighted by Gasteiger charge is 2.25. The van der Waals surface area contributed by atoms with Crippen LogP contribution in [0.2, 0.25) is 0 Å². The summed E-state index contributed by atoms with van der Waals surface area (Å²) in [6, 6.07) is 4.07. The van der Waals surface area contributed by atoms with Gasteiger partial charge in [0.2, 0.25) is 5.91 Å². The highest BCUT2D eigenvalue weighted by molar-refractivity contribution is 5.77. The van der Waals surface area contributed by atoms with Crippen LogP contribution in [0, 0.1) is 5.92 Å². The lowest BCUT2D eigenvalue weighted by molar-refractivity contribution is -0.133. The number of hydrogen-bond donors (Lipinski definition) is 0. The molecule has 0 bridgehead atoms. The van der Waals surface area contributed by atoms with Crippen molar-refractivity contribution in [1.82, 2.24) is 4.90 Å².